The van der Waals surface area contributed by atoms with Crippen molar-refractivity contribution in [2.45, 2.75) is 58.4 Å². The zero-order chi connectivity index (χ0) is 23.2. The van der Waals surface area contributed by atoms with Crippen LogP contribution in [0.25, 0.3) is 10.4 Å². The molecule has 0 saturated carbocycles. The molecule has 1 fully saturated rings. The second-order valence-corrected chi connectivity index (χ2v) is 6.48. The first-order valence-corrected chi connectivity index (χ1v) is 9.71. The number of hydrogen-bond acceptors (Lipinski definition) is 11. The Morgan fingerprint density at radius 1 is 0.839 bits per heavy atom. The first-order valence-electron chi connectivity index (χ1n) is 9.71. The van der Waals surface area contributed by atoms with Gasteiger partial charge in [-0.2, -0.15) is 0 Å². The van der Waals surface area contributed by atoms with E-state index in [-0.39, 0.29) is 19.8 Å². The lowest BCUT2D eigenvalue weighted by atomic mass is 9.99. The fraction of sp³-hybridized carbons (Fsp3) is 0.833. The van der Waals surface area contributed by atoms with Crippen LogP contribution in [0.15, 0.2) is 5.11 Å². The van der Waals surface area contributed by atoms with Gasteiger partial charge in [-0.05, 0) is 12.5 Å². The first kappa shape index (κ1) is 26.6. The van der Waals surface area contributed by atoms with Crippen molar-refractivity contribution in [3.05, 3.63) is 10.4 Å². The Labute approximate surface area is 179 Å². The van der Waals surface area contributed by atoms with E-state index in [2.05, 4.69) is 10.0 Å². The zero-order valence-corrected chi connectivity index (χ0v) is 18.1. The maximum atomic E-state index is 11.6. The van der Waals surface area contributed by atoms with Crippen LogP contribution in [0.3, 0.4) is 0 Å². The number of esters is 3. The van der Waals surface area contributed by atoms with Crippen LogP contribution in [0.2, 0.25) is 0 Å². The van der Waals surface area contributed by atoms with Crippen LogP contribution in [0.5, 0.6) is 0 Å². The average Bonchev–Trinajstić information content (AvgIpc) is 2.68. The van der Waals surface area contributed by atoms with Crippen molar-refractivity contribution in [1.29, 1.82) is 0 Å². The van der Waals surface area contributed by atoms with Crippen LogP contribution in [-0.2, 0) is 47.5 Å². The number of carbonyl (C=O) groups is 3. The first-order chi connectivity index (χ1) is 14.8. The molecule has 13 nitrogen and oxygen atoms in total. The van der Waals surface area contributed by atoms with Gasteiger partial charge in [0.05, 0.1) is 39.1 Å². The molecule has 0 spiro atoms. The molecule has 1 aliphatic rings. The average molecular weight is 447 g/mol. The van der Waals surface area contributed by atoms with Crippen molar-refractivity contribution in [1.82, 2.24) is 0 Å². The summed E-state index contributed by atoms with van der Waals surface area (Å²) in [5.41, 5.74) is 8.15. The SMILES string of the molecule is CC(=O)O[C@@H]1[C@H](OC(C)=O)[C@H](C)OC(OCCOCCOCCN=[N+]=[N-])[C@H]1OC(C)=O. The summed E-state index contributed by atoms with van der Waals surface area (Å²) in [6, 6.07) is 0. The molecule has 1 heterocycles. The van der Waals surface area contributed by atoms with Crippen LogP contribution < -0.4 is 0 Å². The Morgan fingerprint density at radius 3 is 1.94 bits per heavy atom. The molecular weight excluding hydrogens is 418 g/mol. The monoisotopic (exact) mass is 447 g/mol. The largest absolute Gasteiger partial charge is 0.456 e. The topological polar surface area (TPSA) is 165 Å². The molecule has 0 amide bonds. The van der Waals surface area contributed by atoms with Crippen molar-refractivity contribution in [2.24, 2.45) is 5.11 Å². The van der Waals surface area contributed by atoms with Gasteiger partial charge in [0.1, 0.15) is 0 Å². The third-order valence-corrected chi connectivity index (χ3v) is 3.91. The van der Waals surface area contributed by atoms with Gasteiger partial charge in [-0.15, -0.1) is 0 Å². The summed E-state index contributed by atoms with van der Waals surface area (Å²) in [6.45, 7) is 6.61. The summed E-state index contributed by atoms with van der Waals surface area (Å²) >= 11 is 0. The van der Waals surface area contributed by atoms with Crippen LogP contribution in [-0.4, -0.2) is 88.2 Å². The Bertz CT molecular complexity index is 640. The number of hydrogen-bond donors (Lipinski definition) is 0. The second kappa shape index (κ2) is 14.5. The fourth-order valence-corrected chi connectivity index (χ4v) is 2.80. The number of rotatable bonds is 13. The molecule has 0 aromatic heterocycles. The molecule has 0 bridgehead atoms. The van der Waals surface area contributed by atoms with Crippen molar-refractivity contribution >= 4 is 17.9 Å². The van der Waals surface area contributed by atoms with E-state index < -0.39 is 48.6 Å². The summed E-state index contributed by atoms with van der Waals surface area (Å²) in [5.74, 6) is -1.89. The summed E-state index contributed by atoms with van der Waals surface area (Å²) in [6.07, 6.45) is -5.01. The van der Waals surface area contributed by atoms with Crippen LogP contribution in [0.4, 0.5) is 0 Å². The van der Waals surface area contributed by atoms with Gasteiger partial charge in [0.25, 0.3) is 0 Å². The highest BCUT2D eigenvalue weighted by molar-refractivity contribution is 5.68. The Morgan fingerprint density at radius 2 is 1.35 bits per heavy atom. The molecule has 176 valence electrons. The number of carbonyl (C=O) groups excluding carboxylic acids is 3. The van der Waals surface area contributed by atoms with E-state index >= 15 is 0 Å². The summed E-state index contributed by atoms with van der Waals surface area (Å²) in [5, 5.41) is 3.34. The molecule has 1 rings (SSSR count). The molecule has 31 heavy (non-hydrogen) atoms. The van der Waals surface area contributed by atoms with Gasteiger partial charge >= 0.3 is 17.9 Å². The molecular formula is C18H29N3O10. The highest BCUT2D eigenvalue weighted by Crippen LogP contribution is 2.29. The Balaban J connectivity index is 2.62. The predicted octanol–water partition coefficient (Wildman–Crippen LogP) is 0.886. The summed E-state index contributed by atoms with van der Waals surface area (Å²) < 4.78 is 37.7. The molecule has 5 atom stereocenters. The summed E-state index contributed by atoms with van der Waals surface area (Å²) in [7, 11) is 0. The van der Waals surface area contributed by atoms with E-state index in [0.29, 0.717) is 19.8 Å². The molecule has 1 saturated heterocycles. The maximum Gasteiger partial charge on any atom is 0.303 e. The van der Waals surface area contributed by atoms with E-state index in [1.807, 2.05) is 0 Å². The van der Waals surface area contributed by atoms with Crippen molar-refractivity contribution in [3.8, 4) is 0 Å². The van der Waals surface area contributed by atoms with Crippen LogP contribution in [0, 0.1) is 0 Å². The number of ether oxygens (including phenoxy) is 7. The van der Waals surface area contributed by atoms with Crippen molar-refractivity contribution in [2.75, 3.05) is 39.6 Å². The normalized spacial score (nSPS) is 25.2. The molecule has 0 aromatic rings. The number of nitrogens with zero attached hydrogens (tertiary/aromatic N) is 3. The van der Waals surface area contributed by atoms with Crippen LogP contribution >= 0.6 is 0 Å². The molecule has 1 unspecified atom stereocenters. The highest BCUT2D eigenvalue weighted by atomic mass is 16.7. The smallest absolute Gasteiger partial charge is 0.303 e. The fourth-order valence-electron chi connectivity index (χ4n) is 2.80. The second-order valence-electron chi connectivity index (χ2n) is 6.48. The lowest BCUT2D eigenvalue weighted by Crippen LogP contribution is -2.61. The lowest BCUT2D eigenvalue weighted by molar-refractivity contribution is -0.302. The molecule has 13 heteroatoms. The van der Waals surface area contributed by atoms with E-state index in [0.717, 1.165) is 0 Å². The Kier molecular flexibility index (Phi) is 12.5. The van der Waals surface area contributed by atoms with Gasteiger partial charge in [0.15, 0.2) is 24.6 Å². The number of azide groups is 1. The van der Waals surface area contributed by atoms with E-state index in [4.69, 9.17) is 38.7 Å². The van der Waals surface area contributed by atoms with Crippen molar-refractivity contribution < 1.29 is 47.5 Å². The highest BCUT2D eigenvalue weighted by Gasteiger charge is 2.50. The third kappa shape index (κ3) is 10.4. The van der Waals surface area contributed by atoms with Gasteiger partial charge in [-0.25, -0.2) is 0 Å². The van der Waals surface area contributed by atoms with Gasteiger partial charge in [-0.3, -0.25) is 14.4 Å². The summed E-state index contributed by atoms with van der Waals surface area (Å²) in [4.78, 5) is 37.3. The van der Waals surface area contributed by atoms with Gasteiger partial charge in [0, 0.05) is 32.2 Å². The van der Waals surface area contributed by atoms with Gasteiger partial charge in [-0.1, -0.05) is 5.11 Å². The molecule has 0 aromatic carbocycles. The van der Waals surface area contributed by atoms with Gasteiger partial charge < -0.3 is 33.2 Å². The quantitative estimate of drug-likeness (QED) is 0.0988. The minimum Gasteiger partial charge on any atom is -0.456 e. The molecule has 0 aliphatic carbocycles. The van der Waals surface area contributed by atoms with Crippen LogP contribution in [0.1, 0.15) is 27.7 Å². The third-order valence-electron chi connectivity index (χ3n) is 3.91. The lowest BCUT2D eigenvalue weighted by Gasteiger charge is -2.43. The van der Waals surface area contributed by atoms with Crippen molar-refractivity contribution in [3.63, 3.8) is 0 Å². The van der Waals surface area contributed by atoms with E-state index in [1.165, 1.54) is 20.8 Å². The molecule has 1 aliphatic heterocycles. The standard InChI is InChI=1S/C18H29N3O10/c1-11-15(29-12(2)22)16(30-13(3)23)17(31-14(4)24)18(28-11)27-10-9-26-8-7-25-6-5-20-21-19/h11,15-18H,5-10H2,1-4H3/t11-,15+,16+,17-,18?/m0/s1. The van der Waals surface area contributed by atoms with Gasteiger partial charge in [0.2, 0.25) is 0 Å². The molecule has 0 N–H and O–H groups in total. The predicted molar refractivity (Wildman–Crippen MR) is 103 cm³/mol. The van der Waals surface area contributed by atoms with E-state index in [9.17, 15) is 14.4 Å². The minimum absolute atomic E-state index is 0.0822. The Hall–Kier alpha value is -2.44. The van der Waals surface area contributed by atoms with E-state index in [1.54, 1.807) is 6.92 Å². The zero-order valence-electron chi connectivity index (χ0n) is 18.1. The molecule has 0 radical (unpaired) electrons. The maximum absolute atomic E-state index is 11.6. The minimum atomic E-state index is -1.15.